The Balaban J connectivity index is 1.77. The predicted molar refractivity (Wildman–Crippen MR) is 127 cm³/mol. The van der Waals surface area contributed by atoms with Crippen LogP contribution in [0.3, 0.4) is 0 Å². The highest BCUT2D eigenvalue weighted by molar-refractivity contribution is 5.88. The third-order valence-electron chi connectivity index (χ3n) is 5.53. The zero-order chi connectivity index (χ0) is 25.4. The van der Waals surface area contributed by atoms with Crippen LogP contribution in [-0.2, 0) is 28.6 Å². The van der Waals surface area contributed by atoms with Crippen molar-refractivity contribution in [1.82, 2.24) is 10.6 Å². The molecular weight excluding hydrogens is 457 g/mol. The molecule has 2 N–H and O–H groups in total. The number of alkyl halides is 3. The first kappa shape index (κ1) is 25.8. The molecule has 2 atom stereocenters. The summed E-state index contributed by atoms with van der Waals surface area (Å²) in [6.07, 6.45) is -4.59. The van der Waals surface area contributed by atoms with Crippen LogP contribution in [0.2, 0.25) is 0 Å². The van der Waals surface area contributed by atoms with Gasteiger partial charge in [-0.05, 0) is 41.8 Å². The maximum absolute atomic E-state index is 13.2. The molecule has 5 nitrogen and oxygen atoms in total. The van der Waals surface area contributed by atoms with Gasteiger partial charge in [-0.2, -0.15) is 13.2 Å². The van der Waals surface area contributed by atoms with E-state index in [9.17, 15) is 22.8 Å². The molecule has 0 aromatic heterocycles. The van der Waals surface area contributed by atoms with Crippen LogP contribution >= 0.6 is 0 Å². The van der Waals surface area contributed by atoms with Crippen molar-refractivity contribution in [3.05, 3.63) is 101 Å². The molecule has 0 aliphatic rings. The van der Waals surface area contributed by atoms with Crippen molar-refractivity contribution in [2.45, 2.75) is 38.0 Å². The van der Waals surface area contributed by atoms with Gasteiger partial charge >= 0.3 is 6.18 Å². The lowest BCUT2D eigenvalue weighted by Gasteiger charge is -2.22. The maximum atomic E-state index is 13.2. The van der Waals surface area contributed by atoms with Crippen molar-refractivity contribution in [2.75, 3.05) is 7.11 Å². The smallest absolute Gasteiger partial charge is 0.416 e. The van der Waals surface area contributed by atoms with E-state index < -0.39 is 29.6 Å². The van der Waals surface area contributed by atoms with Gasteiger partial charge < -0.3 is 15.4 Å². The number of methoxy groups -OCH3 is 1. The summed E-state index contributed by atoms with van der Waals surface area (Å²) in [5, 5.41) is 5.55. The van der Waals surface area contributed by atoms with Crippen LogP contribution in [0.1, 0.15) is 35.2 Å². The molecule has 0 fully saturated rings. The minimum atomic E-state index is -4.51. The van der Waals surface area contributed by atoms with E-state index in [0.717, 1.165) is 17.7 Å². The summed E-state index contributed by atoms with van der Waals surface area (Å²) in [4.78, 5) is 25.9. The average Bonchev–Trinajstić information content (AvgIpc) is 2.84. The zero-order valence-corrected chi connectivity index (χ0v) is 19.4. The monoisotopic (exact) mass is 484 g/mol. The van der Waals surface area contributed by atoms with Crippen LogP contribution in [0.25, 0.3) is 0 Å². The number of carbonyl (C=O) groups is 2. The van der Waals surface area contributed by atoms with Gasteiger partial charge in [-0.15, -0.1) is 0 Å². The highest BCUT2D eigenvalue weighted by Crippen LogP contribution is 2.29. The van der Waals surface area contributed by atoms with Crippen LogP contribution in [0.4, 0.5) is 13.2 Å². The Morgan fingerprint density at radius 1 is 0.886 bits per heavy atom. The molecule has 0 bridgehead atoms. The number of benzene rings is 3. The third-order valence-corrected chi connectivity index (χ3v) is 5.53. The average molecular weight is 485 g/mol. The summed E-state index contributed by atoms with van der Waals surface area (Å²) in [5.41, 5.74) is 1.05. The molecule has 0 radical (unpaired) electrons. The number of halogens is 3. The van der Waals surface area contributed by atoms with Gasteiger partial charge in [0.05, 0.1) is 25.1 Å². The summed E-state index contributed by atoms with van der Waals surface area (Å²) in [6.45, 7) is 1.80. The highest BCUT2D eigenvalue weighted by Gasteiger charge is 2.31. The molecule has 0 unspecified atom stereocenters. The molecule has 0 aliphatic carbocycles. The fraction of sp³-hybridized carbons (Fsp3) is 0.259. The summed E-state index contributed by atoms with van der Waals surface area (Å²) in [5.74, 6) is -0.262. The second kappa shape index (κ2) is 11.6. The first-order valence-electron chi connectivity index (χ1n) is 11.1. The molecule has 0 spiro atoms. The fourth-order valence-corrected chi connectivity index (χ4v) is 3.63. The van der Waals surface area contributed by atoms with Crippen LogP contribution in [-0.4, -0.2) is 25.0 Å². The standard InChI is InChI=1S/C27H27F3N2O3/c1-18(21-8-4-3-5-9-21)31-26(34)24(16-20-7-6-10-22(15-20)27(28,29)30)32-25(33)17-19-11-13-23(35-2)14-12-19/h3-15,18,24H,16-17H2,1-2H3,(H,31,34)(H,32,33)/t18-,24+/m1/s1. The molecule has 0 aliphatic heterocycles. The van der Waals surface area contributed by atoms with E-state index in [1.807, 2.05) is 30.3 Å². The largest absolute Gasteiger partial charge is 0.497 e. The Morgan fingerprint density at radius 3 is 2.20 bits per heavy atom. The van der Waals surface area contributed by atoms with E-state index >= 15 is 0 Å². The lowest BCUT2D eigenvalue weighted by Crippen LogP contribution is -2.49. The van der Waals surface area contributed by atoms with E-state index in [-0.39, 0.29) is 24.4 Å². The molecular formula is C27H27F3N2O3. The second-order valence-electron chi connectivity index (χ2n) is 8.19. The number of hydrogen-bond acceptors (Lipinski definition) is 3. The highest BCUT2D eigenvalue weighted by atomic mass is 19.4. The SMILES string of the molecule is COc1ccc(CC(=O)N[C@@H](Cc2cccc(C(F)(F)F)c2)C(=O)N[C@H](C)c2ccccc2)cc1. The van der Waals surface area contributed by atoms with E-state index in [4.69, 9.17) is 4.74 Å². The number of hydrogen-bond donors (Lipinski definition) is 2. The Morgan fingerprint density at radius 2 is 1.57 bits per heavy atom. The van der Waals surface area contributed by atoms with Crippen molar-refractivity contribution in [3.8, 4) is 5.75 Å². The molecule has 0 heterocycles. The lowest BCUT2D eigenvalue weighted by molar-refractivity contribution is -0.137. The second-order valence-corrected chi connectivity index (χ2v) is 8.19. The summed E-state index contributed by atoms with van der Waals surface area (Å²) in [7, 11) is 1.54. The van der Waals surface area contributed by atoms with E-state index in [1.165, 1.54) is 19.2 Å². The molecule has 3 aromatic carbocycles. The topological polar surface area (TPSA) is 67.4 Å². The molecule has 35 heavy (non-hydrogen) atoms. The van der Waals surface area contributed by atoms with Gasteiger partial charge in [0.2, 0.25) is 11.8 Å². The van der Waals surface area contributed by atoms with E-state index in [0.29, 0.717) is 11.3 Å². The summed E-state index contributed by atoms with van der Waals surface area (Å²) >= 11 is 0. The molecule has 3 rings (SSSR count). The first-order chi connectivity index (χ1) is 16.7. The number of nitrogens with one attached hydrogen (secondary N) is 2. The molecule has 2 amide bonds. The Kier molecular flexibility index (Phi) is 8.52. The number of carbonyl (C=O) groups excluding carboxylic acids is 2. The Labute approximate surface area is 202 Å². The predicted octanol–water partition coefficient (Wildman–Crippen LogP) is 4.86. The normalized spacial score (nSPS) is 12.9. The molecule has 0 saturated carbocycles. The fourth-order valence-electron chi connectivity index (χ4n) is 3.63. The minimum absolute atomic E-state index is 0.00457. The maximum Gasteiger partial charge on any atom is 0.416 e. The quantitative estimate of drug-likeness (QED) is 0.456. The van der Waals surface area contributed by atoms with Gasteiger partial charge in [0, 0.05) is 6.42 Å². The van der Waals surface area contributed by atoms with Crippen molar-refractivity contribution in [1.29, 1.82) is 0 Å². The number of ether oxygens (including phenoxy) is 1. The van der Waals surface area contributed by atoms with Crippen molar-refractivity contribution < 1.29 is 27.5 Å². The summed E-state index contributed by atoms with van der Waals surface area (Å²) in [6, 6.07) is 19.5. The van der Waals surface area contributed by atoms with Gasteiger partial charge in [-0.3, -0.25) is 9.59 Å². The van der Waals surface area contributed by atoms with Crippen LogP contribution in [0.15, 0.2) is 78.9 Å². The molecule has 3 aromatic rings. The van der Waals surface area contributed by atoms with Gasteiger partial charge in [-0.25, -0.2) is 0 Å². The minimum Gasteiger partial charge on any atom is -0.497 e. The number of rotatable bonds is 9. The van der Waals surface area contributed by atoms with Gasteiger partial charge in [0.15, 0.2) is 0 Å². The van der Waals surface area contributed by atoms with Crippen LogP contribution < -0.4 is 15.4 Å². The van der Waals surface area contributed by atoms with Crippen LogP contribution in [0, 0.1) is 0 Å². The van der Waals surface area contributed by atoms with Crippen molar-refractivity contribution in [3.63, 3.8) is 0 Å². The zero-order valence-electron chi connectivity index (χ0n) is 19.4. The molecule has 8 heteroatoms. The molecule has 184 valence electrons. The first-order valence-corrected chi connectivity index (χ1v) is 11.1. The molecule has 0 saturated heterocycles. The van der Waals surface area contributed by atoms with Gasteiger partial charge in [-0.1, -0.05) is 60.7 Å². The van der Waals surface area contributed by atoms with Gasteiger partial charge in [0.1, 0.15) is 11.8 Å². The van der Waals surface area contributed by atoms with E-state index in [1.54, 1.807) is 31.2 Å². The Hall–Kier alpha value is -3.81. The van der Waals surface area contributed by atoms with Gasteiger partial charge in [0.25, 0.3) is 0 Å². The van der Waals surface area contributed by atoms with Crippen molar-refractivity contribution >= 4 is 11.8 Å². The third kappa shape index (κ3) is 7.60. The van der Waals surface area contributed by atoms with E-state index in [2.05, 4.69) is 10.6 Å². The number of amides is 2. The van der Waals surface area contributed by atoms with Crippen molar-refractivity contribution in [2.24, 2.45) is 0 Å². The lowest BCUT2D eigenvalue weighted by atomic mass is 10.0. The Bertz CT molecular complexity index is 1130. The summed E-state index contributed by atoms with van der Waals surface area (Å²) < 4.78 is 44.6. The van der Waals surface area contributed by atoms with Crippen LogP contribution in [0.5, 0.6) is 5.75 Å².